The summed E-state index contributed by atoms with van der Waals surface area (Å²) in [5.74, 6) is 1.30. The van der Waals surface area contributed by atoms with Crippen LogP contribution < -0.4 is 5.56 Å². The Morgan fingerprint density at radius 3 is 2.59 bits per heavy atom. The van der Waals surface area contributed by atoms with Crippen LogP contribution >= 0.6 is 11.8 Å². The molecular formula is C24H26N6OS. The Morgan fingerprint density at radius 2 is 1.75 bits per heavy atom. The Labute approximate surface area is 190 Å². The molecule has 0 N–H and O–H groups in total. The van der Waals surface area contributed by atoms with Crippen LogP contribution in [0, 0.1) is 0 Å². The van der Waals surface area contributed by atoms with Crippen molar-refractivity contribution in [3.8, 4) is 0 Å². The summed E-state index contributed by atoms with van der Waals surface area (Å²) >= 11 is 1.56. The molecule has 0 amide bonds. The molecule has 5 rings (SSSR count). The van der Waals surface area contributed by atoms with Crippen LogP contribution in [0.4, 0.5) is 0 Å². The first kappa shape index (κ1) is 20.9. The number of para-hydroxylation sites is 1. The van der Waals surface area contributed by atoms with Crippen molar-refractivity contribution >= 4 is 22.7 Å². The SMILES string of the molecule is O=c1c2ccccc2nc(CSc2nnnn2C2CCCCC2)n1CCc1ccccc1. The highest BCUT2D eigenvalue weighted by Gasteiger charge is 2.21. The van der Waals surface area contributed by atoms with E-state index in [2.05, 4.69) is 27.7 Å². The number of rotatable bonds is 7. The fraction of sp³-hybridized carbons (Fsp3) is 0.375. The van der Waals surface area contributed by atoms with Crippen molar-refractivity contribution in [1.29, 1.82) is 0 Å². The molecule has 0 atom stereocenters. The lowest BCUT2D eigenvalue weighted by atomic mass is 9.96. The lowest BCUT2D eigenvalue weighted by Gasteiger charge is -2.22. The van der Waals surface area contributed by atoms with Gasteiger partial charge in [0.2, 0.25) is 5.16 Å². The third-order valence-corrected chi connectivity index (χ3v) is 7.05. The van der Waals surface area contributed by atoms with Crippen LogP contribution in [0.5, 0.6) is 0 Å². The molecule has 7 nitrogen and oxygen atoms in total. The summed E-state index contributed by atoms with van der Waals surface area (Å²) in [5, 5.41) is 13.9. The van der Waals surface area contributed by atoms with Gasteiger partial charge in [-0.15, -0.1) is 5.10 Å². The highest BCUT2D eigenvalue weighted by Crippen LogP contribution is 2.31. The van der Waals surface area contributed by atoms with Crippen molar-refractivity contribution < 1.29 is 0 Å². The van der Waals surface area contributed by atoms with Gasteiger partial charge in [-0.3, -0.25) is 9.36 Å². The van der Waals surface area contributed by atoms with E-state index in [0.717, 1.165) is 35.8 Å². The van der Waals surface area contributed by atoms with Gasteiger partial charge in [-0.2, -0.15) is 0 Å². The Hall–Kier alpha value is -3.00. The van der Waals surface area contributed by atoms with Gasteiger partial charge in [0.1, 0.15) is 5.82 Å². The minimum atomic E-state index is 0.00834. The molecule has 0 aliphatic heterocycles. The van der Waals surface area contributed by atoms with E-state index in [4.69, 9.17) is 4.98 Å². The van der Waals surface area contributed by atoms with Crippen LogP contribution in [0.25, 0.3) is 10.9 Å². The lowest BCUT2D eigenvalue weighted by Crippen LogP contribution is -2.26. The minimum Gasteiger partial charge on any atom is -0.295 e. The average Bonchev–Trinajstić information content (AvgIpc) is 3.32. The smallest absolute Gasteiger partial charge is 0.261 e. The predicted molar refractivity (Wildman–Crippen MR) is 126 cm³/mol. The number of aromatic nitrogens is 6. The van der Waals surface area contributed by atoms with Gasteiger partial charge in [0, 0.05) is 6.54 Å². The van der Waals surface area contributed by atoms with E-state index < -0.39 is 0 Å². The van der Waals surface area contributed by atoms with Gasteiger partial charge in [0.15, 0.2) is 0 Å². The molecule has 8 heteroatoms. The first-order valence-corrected chi connectivity index (χ1v) is 12.2. The first-order chi connectivity index (χ1) is 15.8. The van der Waals surface area contributed by atoms with Crippen molar-refractivity contribution in [2.45, 2.75) is 62.0 Å². The zero-order valence-electron chi connectivity index (χ0n) is 17.9. The molecule has 2 heterocycles. The molecule has 32 heavy (non-hydrogen) atoms. The van der Waals surface area contributed by atoms with Gasteiger partial charge in [-0.25, -0.2) is 9.67 Å². The zero-order valence-corrected chi connectivity index (χ0v) is 18.7. The third-order valence-electron chi connectivity index (χ3n) is 6.12. The van der Waals surface area contributed by atoms with Crippen molar-refractivity contribution in [2.24, 2.45) is 0 Å². The molecule has 0 unspecified atom stereocenters. The van der Waals surface area contributed by atoms with E-state index in [9.17, 15) is 4.79 Å². The Kier molecular flexibility index (Phi) is 6.29. The van der Waals surface area contributed by atoms with Crippen LogP contribution in [0.1, 0.15) is 49.5 Å². The number of hydrogen-bond donors (Lipinski definition) is 0. The second kappa shape index (κ2) is 9.65. The second-order valence-electron chi connectivity index (χ2n) is 8.22. The summed E-state index contributed by atoms with van der Waals surface area (Å²) in [7, 11) is 0. The predicted octanol–water partition coefficient (Wildman–Crippen LogP) is 4.42. The Morgan fingerprint density at radius 1 is 0.969 bits per heavy atom. The van der Waals surface area contributed by atoms with Gasteiger partial charge < -0.3 is 0 Å². The molecule has 0 bridgehead atoms. The average molecular weight is 447 g/mol. The highest BCUT2D eigenvalue weighted by molar-refractivity contribution is 7.98. The maximum atomic E-state index is 13.3. The number of fused-ring (bicyclic) bond motifs is 1. The van der Waals surface area contributed by atoms with Crippen LogP contribution in [0.15, 0.2) is 64.5 Å². The van der Waals surface area contributed by atoms with Crippen molar-refractivity contribution in [3.05, 3.63) is 76.3 Å². The normalized spacial score (nSPS) is 14.8. The Balaban J connectivity index is 1.42. The van der Waals surface area contributed by atoms with E-state index in [1.165, 1.54) is 24.8 Å². The third kappa shape index (κ3) is 4.46. The van der Waals surface area contributed by atoms with Gasteiger partial charge in [0.05, 0.1) is 22.7 Å². The van der Waals surface area contributed by atoms with Gasteiger partial charge in [-0.1, -0.05) is 73.5 Å². The first-order valence-electron chi connectivity index (χ1n) is 11.2. The summed E-state index contributed by atoms with van der Waals surface area (Å²) in [5.41, 5.74) is 1.94. The molecule has 1 aliphatic rings. The van der Waals surface area contributed by atoms with Gasteiger partial charge in [-0.05, 0) is 47.4 Å². The molecule has 0 radical (unpaired) electrons. The summed E-state index contributed by atoms with van der Waals surface area (Å²) in [6, 6.07) is 18.2. The minimum absolute atomic E-state index is 0.00834. The van der Waals surface area contributed by atoms with Crippen LogP contribution in [0.2, 0.25) is 0 Å². The zero-order chi connectivity index (χ0) is 21.8. The number of tetrazole rings is 1. The highest BCUT2D eigenvalue weighted by atomic mass is 32.2. The maximum Gasteiger partial charge on any atom is 0.261 e. The maximum absolute atomic E-state index is 13.3. The van der Waals surface area contributed by atoms with Crippen molar-refractivity contribution in [2.75, 3.05) is 0 Å². The molecule has 2 aromatic carbocycles. The van der Waals surface area contributed by atoms with E-state index in [1.807, 2.05) is 51.7 Å². The molecule has 2 aromatic heterocycles. The quantitative estimate of drug-likeness (QED) is 0.391. The van der Waals surface area contributed by atoms with Crippen molar-refractivity contribution in [3.63, 3.8) is 0 Å². The molecule has 1 aliphatic carbocycles. The number of hydrogen-bond acceptors (Lipinski definition) is 6. The molecule has 1 saturated carbocycles. The number of thioether (sulfide) groups is 1. The van der Waals surface area contributed by atoms with E-state index in [-0.39, 0.29) is 5.56 Å². The molecular weight excluding hydrogens is 420 g/mol. The number of benzene rings is 2. The van der Waals surface area contributed by atoms with Crippen LogP contribution in [0.3, 0.4) is 0 Å². The van der Waals surface area contributed by atoms with E-state index in [0.29, 0.717) is 23.7 Å². The molecule has 1 fully saturated rings. The number of aryl methyl sites for hydroxylation is 1. The topological polar surface area (TPSA) is 78.5 Å². The summed E-state index contributed by atoms with van der Waals surface area (Å²) in [6.45, 7) is 0.587. The number of nitrogens with zero attached hydrogens (tertiary/aromatic N) is 6. The van der Waals surface area contributed by atoms with Gasteiger partial charge in [0.25, 0.3) is 5.56 Å². The monoisotopic (exact) mass is 446 g/mol. The van der Waals surface area contributed by atoms with Crippen LogP contribution in [-0.2, 0) is 18.7 Å². The standard InChI is InChI=1S/C24H26N6OS/c31-23-20-13-7-8-14-21(20)25-22(29(23)16-15-18-9-3-1-4-10-18)17-32-24-26-27-28-30(24)19-11-5-2-6-12-19/h1,3-4,7-10,13-14,19H,2,5-6,11-12,15-17H2. The molecule has 4 aromatic rings. The molecule has 164 valence electrons. The summed E-state index contributed by atoms with van der Waals surface area (Å²) in [4.78, 5) is 18.2. The van der Waals surface area contributed by atoms with E-state index in [1.54, 1.807) is 11.8 Å². The van der Waals surface area contributed by atoms with Crippen molar-refractivity contribution in [1.82, 2.24) is 29.8 Å². The van der Waals surface area contributed by atoms with E-state index >= 15 is 0 Å². The summed E-state index contributed by atoms with van der Waals surface area (Å²) in [6.07, 6.45) is 6.75. The fourth-order valence-electron chi connectivity index (χ4n) is 4.40. The Bertz CT molecular complexity index is 1250. The second-order valence-corrected chi connectivity index (χ2v) is 9.17. The largest absolute Gasteiger partial charge is 0.295 e. The molecule has 0 saturated heterocycles. The van der Waals surface area contributed by atoms with Crippen LogP contribution in [-0.4, -0.2) is 29.8 Å². The fourth-order valence-corrected chi connectivity index (χ4v) is 5.30. The molecule has 0 spiro atoms. The van der Waals surface area contributed by atoms with Gasteiger partial charge >= 0.3 is 0 Å². The lowest BCUT2D eigenvalue weighted by molar-refractivity contribution is 0.307. The summed E-state index contributed by atoms with van der Waals surface area (Å²) < 4.78 is 3.79.